The molecular formula is C17H12N4O3S. The molecule has 3 aromatic rings. The highest BCUT2D eigenvalue weighted by Crippen LogP contribution is 2.33. The number of nitrogens with zero attached hydrogens (tertiary/aromatic N) is 2. The van der Waals surface area contributed by atoms with Gasteiger partial charge in [-0.15, -0.1) is 0 Å². The zero-order valence-electron chi connectivity index (χ0n) is 13.1. The summed E-state index contributed by atoms with van der Waals surface area (Å²) in [4.78, 5) is 31.6. The monoisotopic (exact) mass is 352 g/mol. The molecule has 25 heavy (non-hydrogen) atoms. The first-order chi connectivity index (χ1) is 12.0. The van der Waals surface area contributed by atoms with Gasteiger partial charge in [-0.2, -0.15) is 0 Å². The number of carbonyl (C=O) groups is 2. The predicted octanol–water partition coefficient (Wildman–Crippen LogP) is 3.10. The summed E-state index contributed by atoms with van der Waals surface area (Å²) in [6.07, 6.45) is 6.57. The van der Waals surface area contributed by atoms with E-state index in [9.17, 15) is 9.59 Å². The number of furan rings is 1. The summed E-state index contributed by atoms with van der Waals surface area (Å²) in [5.41, 5.74) is 8.87. The third kappa shape index (κ3) is 2.76. The van der Waals surface area contributed by atoms with Crippen LogP contribution in [0.4, 0.5) is 10.6 Å². The summed E-state index contributed by atoms with van der Waals surface area (Å²) >= 11 is 0.845. The van der Waals surface area contributed by atoms with Crippen LogP contribution in [0.25, 0.3) is 28.2 Å². The van der Waals surface area contributed by atoms with Crippen molar-refractivity contribution < 1.29 is 14.0 Å². The van der Waals surface area contributed by atoms with E-state index in [0.29, 0.717) is 22.1 Å². The second kappa shape index (κ2) is 5.75. The minimum atomic E-state index is -0.424. The van der Waals surface area contributed by atoms with E-state index in [4.69, 9.17) is 10.2 Å². The third-order valence-electron chi connectivity index (χ3n) is 3.79. The molecule has 3 aromatic heterocycles. The first-order valence-electron chi connectivity index (χ1n) is 7.36. The highest BCUT2D eigenvalue weighted by molar-refractivity contribution is 8.18. The van der Waals surface area contributed by atoms with Crippen molar-refractivity contribution in [2.75, 3.05) is 5.73 Å². The number of fused-ring (bicyclic) bond motifs is 1. The zero-order valence-corrected chi connectivity index (χ0v) is 13.9. The molecular weight excluding hydrogens is 340 g/mol. The molecule has 4 heterocycles. The number of nitrogens with one attached hydrogen (secondary N) is 1. The Hall–Kier alpha value is -3.13. The summed E-state index contributed by atoms with van der Waals surface area (Å²) in [6, 6.07) is 3.69. The van der Waals surface area contributed by atoms with E-state index in [0.717, 1.165) is 33.8 Å². The Bertz CT molecular complexity index is 1070. The van der Waals surface area contributed by atoms with Crippen molar-refractivity contribution in [3.8, 4) is 11.1 Å². The second-order valence-electron chi connectivity index (χ2n) is 5.53. The Labute approximate surface area is 146 Å². The van der Waals surface area contributed by atoms with Gasteiger partial charge in [-0.05, 0) is 36.4 Å². The predicted molar refractivity (Wildman–Crippen MR) is 95.5 cm³/mol. The fourth-order valence-electron chi connectivity index (χ4n) is 2.54. The van der Waals surface area contributed by atoms with Crippen LogP contribution in [0, 0.1) is 6.92 Å². The molecule has 1 fully saturated rings. The fourth-order valence-corrected chi connectivity index (χ4v) is 3.20. The lowest BCUT2D eigenvalue weighted by Gasteiger charge is -2.04. The van der Waals surface area contributed by atoms with E-state index >= 15 is 0 Å². The van der Waals surface area contributed by atoms with Crippen molar-refractivity contribution >= 4 is 45.8 Å². The minimum Gasteiger partial charge on any atom is -0.456 e. The van der Waals surface area contributed by atoms with Crippen LogP contribution in [0.2, 0.25) is 0 Å². The van der Waals surface area contributed by atoms with E-state index in [-0.39, 0.29) is 0 Å². The Balaban J connectivity index is 1.81. The first-order valence-corrected chi connectivity index (χ1v) is 8.18. The maximum atomic E-state index is 11.7. The number of hydrogen-bond donors (Lipinski definition) is 2. The van der Waals surface area contributed by atoms with Crippen molar-refractivity contribution in [2.24, 2.45) is 0 Å². The number of nitrogen functional groups attached to an aromatic ring is 1. The molecule has 0 atom stereocenters. The molecule has 3 N–H and O–H groups in total. The van der Waals surface area contributed by atoms with Gasteiger partial charge in [0.05, 0.1) is 4.91 Å². The van der Waals surface area contributed by atoms with Gasteiger partial charge in [0.1, 0.15) is 17.2 Å². The molecule has 0 radical (unpaired) electrons. The van der Waals surface area contributed by atoms with Gasteiger partial charge < -0.3 is 10.2 Å². The number of aryl methyl sites for hydroxylation is 1. The van der Waals surface area contributed by atoms with Crippen molar-refractivity contribution in [1.29, 1.82) is 0 Å². The maximum absolute atomic E-state index is 11.7. The van der Waals surface area contributed by atoms with Crippen LogP contribution in [0.5, 0.6) is 0 Å². The van der Waals surface area contributed by atoms with E-state index in [1.165, 1.54) is 0 Å². The number of thioether (sulfide) groups is 1. The average molecular weight is 352 g/mol. The summed E-state index contributed by atoms with van der Waals surface area (Å²) in [7, 11) is 0. The van der Waals surface area contributed by atoms with Crippen LogP contribution in [0.1, 0.15) is 11.3 Å². The van der Waals surface area contributed by atoms with E-state index in [2.05, 4.69) is 15.3 Å². The standard InChI is InChI=1S/C17H12N4O3S/c1-8-2-9(6-20-15(8)18)12-7-19-5-10-3-11(24-14(10)12)4-13-16(22)21-17(23)25-13/h2-7H,1H3,(H2,18,20)(H,21,22,23)/b13-4+. The van der Waals surface area contributed by atoms with E-state index in [1.807, 2.05) is 13.0 Å². The molecule has 4 rings (SSSR count). The molecule has 0 aliphatic carbocycles. The Kier molecular flexibility index (Phi) is 3.54. The number of pyridine rings is 2. The quantitative estimate of drug-likeness (QED) is 0.682. The van der Waals surface area contributed by atoms with Crippen LogP contribution < -0.4 is 11.1 Å². The lowest BCUT2D eigenvalue weighted by Crippen LogP contribution is -2.17. The average Bonchev–Trinajstić information content (AvgIpc) is 3.12. The van der Waals surface area contributed by atoms with Crippen molar-refractivity contribution in [3.63, 3.8) is 0 Å². The van der Waals surface area contributed by atoms with Gasteiger partial charge in [0.2, 0.25) is 0 Å². The summed E-state index contributed by atoms with van der Waals surface area (Å²) in [5, 5.41) is 2.61. The third-order valence-corrected chi connectivity index (χ3v) is 4.60. The SMILES string of the molecule is Cc1cc(-c2cncc3cc(/C=C4/SC(=O)NC4=O)oc23)cnc1N. The van der Waals surface area contributed by atoms with E-state index < -0.39 is 11.1 Å². The molecule has 2 amide bonds. The smallest absolute Gasteiger partial charge is 0.290 e. The van der Waals surface area contributed by atoms with Crippen LogP contribution in [0.15, 0.2) is 40.0 Å². The Morgan fingerprint density at radius 2 is 2.08 bits per heavy atom. The summed E-state index contributed by atoms with van der Waals surface area (Å²) < 4.78 is 5.89. The Morgan fingerprint density at radius 3 is 2.80 bits per heavy atom. The molecule has 0 spiro atoms. The molecule has 0 bridgehead atoms. The van der Waals surface area contributed by atoms with Crippen LogP contribution in [-0.2, 0) is 4.79 Å². The highest BCUT2D eigenvalue weighted by Gasteiger charge is 2.25. The van der Waals surface area contributed by atoms with Crippen LogP contribution >= 0.6 is 11.8 Å². The Morgan fingerprint density at radius 1 is 1.24 bits per heavy atom. The normalized spacial score (nSPS) is 16.0. The fraction of sp³-hybridized carbons (Fsp3) is 0.0588. The molecule has 7 nitrogen and oxygen atoms in total. The molecule has 124 valence electrons. The van der Waals surface area contributed by atoms with Crippen molar-refractivity contribution in [2.45, 2.75) is 6.92 Å². The molecule has 1 aliphatic rings. The first kappa shape index (κ1) is 15.4. The lowest BCUT2D eigenvalue weighted by atomic mass is 10.1. The lowest BCUT2D eigenvalue weighted by molar-refractivity contribution is -0.115. The van der Waals surface area contributed by atoms with Crippen LogP contribution in [-0.4, -0.2) is 21.1 Å². The van der Waals surface area contributed by atoms with Gasteiger partial charge in [0, 0.05) is 41.2 Å². The number of rotatable bonds is 2. The molecule has 1 aliphatic heterocycles. The van der Waals surface area contributed by atoms with Crippen LogP contribution in [0.3, 0.4) is 0 Å². The molecule has 8 heteroatoms. The maximum Gasteiger partial charge on any atom is 0.290 e. The number of anilines is 1. The number of nitrogens with two attached hydrogens (primary N) is 1. The molecule has 0 saturated carbocycles. The number of carbonyl (C=O) groups excluding carboxylic acids is 2. The van der Waals surface area contributed by atoms with Gasteiger partial charge in [0.15, 0.2) is 0 Å². The topological polar surface area (TPSA) is 111 Å². The second-order valence-corrected chi connectivity index (χ2v) is 6.55. The number of amides is 2. The van der Waals surface area contributed by atoms with Gasteiger partial charge in [0.25, 0.3) is 11.1 Å². The van der Waals surface area contributed by atoms with Crippen molar-refractivity contribution in [3.05, 3.63) is 47.0 Å². The largest absolute Gasteiger partial charge is 0.456 e. The van der Waals surface area contributed by atoms with Gasteiger partial charge in [-0.25, -0.2) is 4.98 Å². The number of hydrogen-bond acceptors (Lipinski definition) is 7. The molecule has 0 aromatic carbocycles. The summed E-state index contributed by atoms with van der Waals surface area (Å²) in [6.45, 7) is 1.88. The summed E-state index contributed by atoms with van der Waals surface area (Å²) in [5.74, 6) is 0.520. The van der Waals surface area contributed by atoms with Gasteiger partial charge in [-0.1, -0.05) is 0 Å². The highest BCUT2D eigenvalue weighted by atomic mass is 32.2. The van der Waals surface area contributed by atoms with Gasteiger partial charge in [-0.3, -0.25) is 19.9 Å². The number of imide groups is 1. The number of aromatic nitrogens is 2. The van der Waals surface area contributed by atoms with Crippen molar-refractivity contribution in [1.82, 2.24) is 15.3 Å². The van der Waals surface area contributed by atoms with E-state index in [1.54, 1.807) is 30.7 Å². The molecule has 1 saturated heterocycles. The minimum absolute atomic E-state index is 0.295. The van der Waals surface area contributed by atoms with Gasteiger partial charge >= 0.3 is 0 Å². The molecule has 0 unspecified atom stereocenters. The zero-order chi connectivity index (χ0) is 17.6.